The van der Waals surface area contributed by atoms with Gasteiger partial charge in [-0.2, -0.15) is 0 Å². The van der Waals surface area contributed by atoms with Crippen molar-refractivity contribution in [3.8, 4) is 0 Å². The maximum Gasteiger partial charge on any atom is 0.0940 e. The predicted molar refractivity (Wildman–Crippen MR) is 66.5 cm³/mol. The first-order valence-electron chi connectivity index (χ1n) is 6.23. The fraction of sp³-hybridized carbons (Fsp3) is 0.571. The average molecular weight is 219 g/mol. The highest BCUT2D eigenvalue weighted by Crippen LogP contribution is 2.40. The zero-order valence-corrected chi connectivity index (χ0v) is 10.1. The lowest BCUT2D eigenvalue weighted by Gasteiger charge is -2.20. The molecule has 1 aliphatic carbocycles. The Balaban J connectivity index is 2.09. The lowest BCUT2D eigenvalue weighted by atomic mass is 9.99. The first-order valence-corrected chi connectivity index (χ1v) is 6.23. The first kappa shape index (κ1) is 11.6. The molecule has 88 valence electrons. The van der Waals surface area contributed by atoms with E-state index >= 15 is 0 Å². The summed E-state index contributed by atoms with van der Waals surface area (Å²) in [5.74, 6) is 0.751. The number of likely N-dealkylation sites (N-methyl/N-ethyl adjacent to an activating group) is 1. The van der Waals surface area contributed by atoms with Crippen molar-refractivity contribution in [1.29, 1.82) is 0 Å². The number of benzene rings is 1. The van der Waals surface area contributed by atoms with Gasteiger partial charge < -0.3 is 10.4 Å². The van der Waals surface area contributed by atoms with Crippen molar-refractivity contribution in [2.24, 2.45) is 0 Å². The molecule has 0 aliphatic heterocycles. The average Bonchev–Trinajstić information content (AvgIpc) is 3.12. The molecule has 2 atom stereocenters. The molecule has 0 bridgehead atoms. The Bertz CT molecular complexity index is 346. The Morgan fingerprint density at radius 2 is 2.19 bits per heavy atom. The van der Waals surface area contributed by atoms with Crippen LogP contribution in [0.15, 0.2) is 24.3 Å². The van der Waals surface area contributed by atoms with Crippen molar-refractivity contribution in [3.63, 3.8) is 0 Å². The summed E-state index contributed by atoms with van der Waals surface area (Å²) in [6, 6.07) is 8.52. The quantitative estimate of drug-likeness (QED) is 0.798. The van der Waals surface area contributed by atoms with Gasteiger partial charge in [-0.05, 0) is 43.4 Å². The van der Waals surface area contributed by atoms with E-state index in [0.29, 0.717) is 0 Å². The molecule has 2 heteroatoms. The van der Waals surface area contributed by atoms with Crippen molar-refractivity contribution < 1.29 is 5.11 Å². The van der Waals surface area contributed by atoms with E-state index in [1.807, 2.05) is 13.0 Å². The topological polar surface area (TPSA) is 32.3 Å². The fourth-order valence-electron chi connectivity index (χ4n) is 2.14. The van der Waals surface area contributed by atoms with Gasteiger partial charge in [0.2, 0.25) is 0 Å². The smallest absolute Gasteiger partial charge is 0.0940 e. The Labute approximate surface area is 97.7 Å². The summed E-state index contributed by atoms with van der Waals surface area (Å²) in [7, 11) is 0. The number of aliphatic hydroxyl groups is 1. The minimum absolute atomic E-state index is 0.111. The van der Waals surface area contributed by atoms with Crippen LogP contribution in [0.5, 0.6) is 0 Å². The van der Waals surface area contributed by atoms with Crippen LogP contribution in [0.3, 0.4) is 0 Å². The molecule has 0 spiro atoms. The molecule has 1 aromatic rings. The van der Waals surface area contributed by atoms with Crippen LogP contribution in [-0.4, -0.2) is 17.7 Å². The van der Waals surface area contributed by atoms with Crippen molar-refractivity contribution >= 4 is 0 Å². The lowest BCUT2D eigenvalue weighted by Crippen LogP contribution is -2.31. The zero-order chi connectivity index (χ0) is 11.5. The molecule has 1 aromatic carbocycles. The molecule has 0 heterocycles. The fourth-order valence-corrected chi connectivity index (χ4v) is 2.14. The van der Waals surface area contributed by atoms with E-state index in [2.05, 4.69) is 30.4 Å². The minimum atomic E-state index is -0.404. The number of hydrogen-bond donors (Lipinski definition) is 2. The van der Waals surface area contributed by atoms with Gasteiger partial charge in [-0.3, -0.25) is 0 Å². The number of rotatable bonds is 5. The molecule has 2 unspecified atom stereocenters. The van der Waals surface area contributed by atoms with Gasteiger partial charge >= 0.3 is 0 Å². The van der Waals surface area contributed by atoms with Crippen LogP contribution in [0.4, 0.5) is 0 Å². The van der Waals surface area contributed by atoms with E-state index in [-0.39, 0.29) is 6.04 Å². The van der Waals surface area contributed by atoms with Crippen LogP contribution in [-0.2, 0) is 0 Å². The molecule has 2 rings (SSSR count). The summed E-state index contributed by atoms with van der Waals surface area (Å²) in [4.78, 5) is 0. The molecule has 2 N–H and O–H groups in total. The summed E-state index contributed by atoms with van der Waals surface area (Å²) in [5.41, 5.74) is 2.43. The molecule has 0 radical (unpaired) electrons. The van der Waals surface area contributed by atoms with E-state index in [0.717, 1.165) is 18.0 Å². The van der Waals surface area contributed by atoms with Gasteiger partial charge in [-0.25, -0.2) is 0 Å². The number of nitrogens with one attached hydrogen (secondary N) is 1. The predicted octanol–water partition coefficient (Wildman–Crippen LogP) is 2.60. The second kappa shape index (κ2) is 4.98. The third-order valence-corrected chi connectivity index (χ3v) is 3.30. The highest BCUT2D eigenvalue weighted by molar-refractivity contribution is 5.30. The first-order chi connectivity index (χ1) is 7.72. The molecule has 16 heavy (non-hydrogen) atoms. The van der Waals surface area contributed by atoms with Gasteiger partial charge in [0, 0.05) is 6.04 Å². The van der Waals surface area contributed by atoms with Crippen molar-refractivity contribution in [2.75, 3.05) is 6.54 Å². The van der Waals surface area contributed by atoms with Crippen LogP contribution < -0.4 is 5.32 Å². The highest BCUT2D eigenvalue weighted by atomic mass is 16.3. The molecule has 1 saturated carbocycles. The summed E-state index contributed by atoms with van der Waals surface area (Å²) in [6.07, 6.45) is 2.21. The Morgan fingerprint density at radius 1 is 1.44 bits per heavy atom. The molecule has 2 nitrogen and oxygen atoms in total. The molecule has 1 fully saturated rings. The maximum atomic E-state index is 10.2. The second-order valence-electron chi connectivity index (χ2n) is 4.74. The van der Waals surface area contributed by atoms with E-state index in [4.69, 9.17) is 0 Å². The second-order valence-corrected chi connectivity index (χ2v) is 4.74. The van der Waals surface area contributed by atoms with Crippen molar-refractivity contribution in [3.05, 3.63) is 35.4 Å². The van der Waals surface area contributed by atoms with Crippen LogP contribution in [0, 0.1) is 0 Å². The van der Waals surface area contributed by atoms with Crippen molar-refractivity contribution in [1.82, 2.24) is 5.32 Å². The molecular weight excluding hydrogens is 198 g/mol. The highest BCUT2D eigenvalue weighted by Gasteiger charge is 2.24. The molecule has 0 aromatic heterocycles. The summed E-state index contributed by atoms with van der Waals surface area (Å²) >= 11 is 0. The van der Waals surface area contributed by atoms with Gasteiger partial charge in [-0.15, -0.1) is 0 Å². The Morgan fingerprint density at radius 3 is 2.81 bits per heavy atom. The van der Waals surface area contributed by atoms with E-state index in [1.165, 1.54) is 18.4 Å². The lowest BCUT2D eigenvalue weighted by molar-refractivity contribution is 0.137. The number of hydrogen-bond acceptors (Lipinski definition) is 2. The SMILES string of the molecule is CCNC(C)C(O)c1cccc(C2CC2)c1. The molecule has 1 aliphatic rings. The summed E-state index contributed by atoms with van der Waals surface area (Å²) in [5, 5.41) is 13.4. The van der Waals surface area contributed by atoms with Gasteiger partial charge in [0.05, 0.1) is 6.10 Å². The maximum absolute atomic E-state index is 10.2. The van der Waals surface area contributed by atoms with Crippen LogP contribution >= 0.6 is 0 Å². The Hall–Kier alpha value is -0.860. The molecular formula is C14H21NO. The van der Waals surface area contributed by atoms with E-state index < -0.39 is 6.10 Å². The van der Waals surface area contributed by atoms with E-state index in [1.54, 1.807) is 0 Å². The van der Waals surface area contributed by atoms with Crippen LogP contribution in [0.1, 0.15) is 49.8 Å². The normalized spacial score (nSPS) is 19.4. The van der Waals surface area contributed by atoms with Crippen molar-refractivity contribution in [2.45, 2.75) is 44.8 Å². The van der Waals surface area contributed by atoms with Gasteiger partial charge in [0.1, 0.15) is 0 Å². The van der Waals surface area contributed by atoms with Gasteiger partial charge in [0.15, 0.2) is 0 Å². The third-order valence-electron chi connectivity index (χ3n) is 3.30. The number of aliphatic hydroxyl groups excluding tert-OH is 1. The Kier molecular flexibility index (Phi) is 3.62. The minimum Gasteiger partial charge on any atom is -0.387 e. The molecule has 0 saturated heterocycles. The zero-order valence-electron chi connectivity index (χ0n) is 10.1. The summed E-state index contributed by atoms with van der Waals surface area (Å²) in [6.45, 7) is 4.97. The summed E-state index contributed by atoms with van der Waals surface area (Å²) < 4.78 is 0. The van der Waals surface area contributed by atoms with Gasteiger partial charge in [0.25, 0.3) is 0 Å². The standard InChI is InChI=1S/C14H21NO/c1-3-15-10(2)14(16)13-6-4-5-12(9-13)11-7-8-11/h4-6,9-11,14-16H,3,7-8H2,1-2H3. The third kappa shape index (κ3) is 2.63. The van der Waals surface area contributed by atoms with Crippen LogP contribution in [0.2, 0.25) is 0 Å². The monoisotopic (exact) mass is 219 g/mol. The molecule has 0 amide bonds. The largest absolute Gasteiger partial charge is 0.387 e. The van der Waals surface area contributed by atoms with E-state index in [9.17, 15) is 5.11 Å². The van der Waals surface area contributed by atoms with Gasteiger partial charge in [-0.1, -0.05) is 31.2 Å². The van der Waals surface area contributed by atoms with Crippen LogP contribution in [0.25, 0.3) is 0 Å².